The van der Waals surface area contributed by atoms with Crippen molar-refractivity contribution in [3.8, 4) is 0 Å². The second-order valence-electron chi connectivity index (χ2n) is 7.32. The number of hydrogen-bond donors (Lipinski definition) is 3. The van der Waals surface area contributed by atoms with Crippen molar-refractivity contribution in [2.75, 3.05) is 13.2 Å². The number of benzene rings is 1. The van der Waals surface area contributed by atoms with E-state index in [9.17, 15) is 9.90 Å². The van der Waals surface area contributed by atoms with Gasteiger partial charge < -0.3 is 20.1 Å². The molecule has 5 nitrogen and oxygen atoms in total. The number of carbonyl (C=O) groups excluding carboxylic acids is 1. The Hall–Kier alpha value is -1.79. The molecule has 0 aliphatic carbocycles. The molecular formula is C20H30N2O3Si. The summed E-state index contributed by atoms with van der Waals surface area (Å²) in [5.41, 5.74) is 3.65. The maximum absolute atomic E-state index is 11.2. The van der Waals surface area contributed by atoms with Crippen LogP contribution in [-0.2, 0) is 17.6 Å². The van der Waals surface area contributed by atoms with Crippen molar-refractivity contribution < 1.29 is 14.6 Å². The summed E-state index contributed by atoms with van der Waals surface area (Å²) in [5, 5.41) is 15.2. The molecule has 0 spiro atoms. The first kappa shape index (κ1) is 19.0. The number of hydrogen-bond acceptors (Lipinski definition) is 3. The van der Waals surface area contributed by atoms with Gasteiger partial charge in [0, 0.05) is 22.8 Å². The van der Waals surface area contributed by atoms with Crippen LogP contribution < -0.4 is 10.6 Å². The lowest BCUT2D eigenvalue weighted by molar-refractivity contribution is 0.177. The van der Waals surface area contributed by atoms with Crippen molar-refractivity contribution in [2.24, 2.45) is 0 Å². The van der Waals surface area contributed by atoms with Gasteiger partial charge in [-0.3, -0.25) is 0 Å². The number of aliphatic hydroxyl groups is 1. The van der Waals surface area contributed by atoms with Crippen LogP contribution in [0, 0.1) is 0 Å². The van der Waals surface area contributed by atoms with Crippen molar-refractivity contribution in [1.29, 1.82) is 0 Å². The van der Waals surface area contributed by atoms with E-state index in [1.165, 1.54) is 40.0 Å². The normalized spacial score (nSPS) is 17.5. The van der Waals surface area contributed by atoms with E-state index < -0.39 is 8.07 Å². The zero-order chi connectivity index (χ0) is 18.7. The standard InChI is InChI=1S/C20H30N2O3Si/c1-4-26(5-2,6-3)19-16(9-10-23)17-12-14(7-8-18(17)22-19)11-15-13-25-20(24)21-15/h7-8,12,15,22-23H,4-6,9-11,13H2,1-3H3,(H,21,24)/t15-/m0/s1. The Morgan fingerprint density at radius 2 is 1.96 bits per heavy atom. The van der Waals surface area contributed by atoms with Crippen LogP contribution in [0.5, 0.6) is 0 Å². The smallest absolute Gasteiger partial charge is 0.407 e. The zero-order valence-electron chi connectivity index (χ0n) is 16.0. The van der Waals surface area contributed by atoms with Crippen LogP contribution in [0.2, 0.25) is 18.1 Å². The summed E-state index contributed by atoms with van der Waals surface area (Å²) in [4.78, 5) is 15.0. The van der Waals surface area contributed by atoms with Gasteiger partial charge in [0.15, 0.2) is 0 Å². The number of nitrogens with one attached hydrogen (secondary N) is 2. The summed E-state index contributed by atoms with van der Waals surface area (Å²) in [6.07, 6.45) is 1.13. The van der Waals surface area contributed by atoms with Gasteiger partial charge in [-0.1, -0.05) is 45.0 Å². The molecule has 26 heavy (non-hydrogen) atoms. The molecule has 1 fully saturated rings. The van der Waals surface area contributed by atoms with E-state index in [-0.39, 0.29) is 18.7 Å². The third-order valence-corrected chi connectivity index (χ3v) is 11.7. The summed E-state index contributed by atoms with van der Waals surface area (Å²) in [6, 6.07) is 10.2. The molecule has 1 amide bonds. The van der Waals surface area contributed by atoms with E-state index in [0.717, 1.165) is 11.9 Å². The van der Waals surface area contributed by atoms with E-state index in [2.05, 4.69) is 49.3 Å². The zero-order valence-corrected chi connectivity index (χ0v) is 17.0. The summed E-state index contributed by atoms with van der Waals surface area (Å²) in [7, 11) is -1.56. The third kappa shape index (κ3) is 3.40. The monoisotopic (exact) mass is 374 g/mol. The van der Waals surface area contributed by atoms with Gasteiger partial charge in [-0.05, 0) is 36.1 Å². The molecule has 1 atom stereocenters. The van der Waals surface area contributed by atoms with Gasteiger partial charge in [0.2, 0.25) is 0 Å². The van der Waals surface area contributed by atoms with Gasteiger partial charge in [0.05, 0.1) is 6.04 Å². The number of rotatable bonds is 8. The van der Waals surface area contributed by atoms with Gasteiger partial charge >= 0.3 is 6.09 Å². The van der Waals surface area contributed by atoms with E-state index >= 15 is 0 Å². The van der Waals surface area contributed by atoms with Crippen LogP contribution >= 0.6 is 0 Å². The molecule has 0 radical (unpaired) electrons. The van der Waals surface area contributed by atoms with Crippen LogP contribution in [0.3, 0.4) is 0 Å². The van der Waals surface area contributed by atoms with E-state index in [1.807, 2.05) is 0 Å². The van der Waals surface area contributed by atoms with E-state index in [0.29, 0.717) is 13.0 Å². The average molecular weight is 375 g/mol. The molecular weight excluding hydrogens is 344 g/mol. The van der Waals surface area contributed by atoms with Crippen LogP contribution in [0.4, 0.5) is 4.79 Å². The quantitative estimate of drug-likeness (QED) is 0.622. The van der Waals surface area contributed by atoms with Crippen molar-refractivity contribution in [3.63, 3.8) is 0 Å². The molecule has 1 saturated heterocycles. The number of cyclic esters (lactones) is 1. The average Bonchev–Trinajstić information content (AvgIpc) is 3.22. The highest BCUT2D eigenvalue weighted by atomic mass is 28.3. The number of alkyl carbamates (subject to hydrolysis) is 1. The van der Waals surface area contributed by atoms with Gasteiger partial charge in [0.1, 0.15) is 14.7 Å². The number of H-pyrrole nitrogens is 1. The summed E-state index contributed by atoms with van der Waals surface area (Å²) in [6.45, 7) is 7.51. The lowest BCUT2D eigenvalue weighted by Gasteiger charge is -2.28. The number of aliphatic hydroxyl groups excluding tert-OH is 1. The molecule has 1 aliphatic rings. The topological polar surface area (TPSA) is 74.4 Å². The number of carbonyl (C=O) groups is 1. The van der Waals surface area contributed by atoms with Crippen LogP contribution in [0.1, 0.15) is 31.9 Å². The van der Waals surface area contributed by atoms with Crippen LogP contribution in [0.25, 0.3) is 10.9 Å². The Labute approximate surface area is 156 Å². The molecule has 142 valence electrons. The molecule has 2 aromatic rings. The highest BCUT2D eigenvalue weighted by molar-refractivity contribution is 6.91. The van der Waals surface area contributed by atoms with Gasteiger partial charge in [-0.25, -0.2) is 4.79 Å². The number of ether oxygens (including phenoxy) is 1. The first-order valence-electron chi connectivity index (χ1n) is 9.75. The minimum absolute atomic E-state index is 0.0371. The molecule has 1 aliphatic heterocycles. The fourth-order valence-corrected chi connectivity index (χ4v) is 8.21. The summed E-state index contributed by atoms with van der Waals surface area (Å²) < 4.78 is 5.00. The fraction of sp³-hybridized carbons (Fsp3) is 0.550. The summed E-state index contributed by atoms with van der Waals surface area (Å²) in [5.74, 6) is 0. The minimum atomic E-state index is -1.56. The maximum atomic E-state index is 11.2. The van der Waals surface area contributed by atoms with Crippen LogP contribution in [0.15, 0.2) is 18.2 Å². The maximum Gasteiger partial charge on any atom is 0.407 e. The Balaban J connectivity index is 2.02. The predicted molar refractivity (Wildman–Crippen MR) is 108 cm³/mol. The molecule has 3 rings (SSSR count). The molecule has 2 heterocycles. The Kier molecular flexibility index (Phi) is 5.72. The molecule has 0 saturated carbocycles. The Morgan fingerprint density at radius 3 is 2.54 bits per heavy atom. The Bertz CT molecular complexity index is 774. The van der Waals surface area contributed by atoms with Crippen molar-refractivity contribution in [3.05, 3.63) is 29.3 Å². The number of aromatic nitrogens is 1. The number of amides is 1. The second kappa shape index (κ2) is 7.84. The molecule has 1 aromatic heterocycles. The summed E-state index contributed by atoms with van der Waals surface area (Å²) >= 11 is 0. The van der Waals surface area contributed by atoms with Crippen molar-refractivity contribution in [2.45, 2.75) is 57.8 Å². The minimum Gasteiger partial charge on any atom is -0.447 e. The molecule has 3 N–H and O–H groups in total. The van der Waals surface area contributed by atoms with Crippen LogP contribution in [-0.4, -0.2) is 43.5 Å². The fourth-order valence-electron chi connectivity index (χ4n) is 4.35. The first-order valence-corrected chi connectivity index (χ1v) is 12.4. The van der Waals surface area contributed by atoms with Gasteiger partial charge in [-0.2, -0.15) is 0 Å². The molecule has 0 unspecified atom stereocenters. The van der Waals surface area contributed by atoms with Crippen molar-refractivity contribution in [1.82, 2.24) is 10.3 Å². The molecule has 0 bridgehead atoms. The van der Waals surface area contributed by atoms with Crippen molar-refractivity contribution >= 4 is 30.4 Å². The SMILES string of the molecule is CC[Si](CC)(CC)c1[nH]c2ccc(C[C@H]3COC(=O)N3)cc2c1CCO. The van der Waals surface area contributed by atoms with Gasteiger partial charge in [-0.15, -0.1) is 0 Å². The second-order valence-corrected chi connectivity index (χ2v) is 12.5. The largest absolute Gasteiger partial charge is 0.447 e. The van der Waals surface area contributed by atoms with Gasteiger partial charge in [0.25, 0.3) is 0 Å². The number of fused-ring (bicyclic) bond motifs is 1. The highest BCUT2D eigenvalue weighted by Gasteiger charge is 2.34. The number of aromatic amines is 1. The first-order chi connectivity index (χ1) is 12.6. The lowest BCUT2D eigenvalue weighted by Crippen LogP contribution is -2.48. The third-order valence-electron chi connectivity index (χ3n) is 6.11. The molecule has 6 heteroatoms. The van der Waals surface area contributed by atoms with E-state index in [1.54, 1.807) is 0 Å². The van der Waals surface area contributed by atoms with E-state index in [4.69, 9.17) is 4.74 Å². The predicted octanol–water partition coefficient (Wildman–Crippen LogP) is 3.07. The molecule has 1 aromatic carbocycles. The Morgan fingerprint density at radius 1 is 1.23 bits per heavy atom. The highest BCUT2D eigenvalue weighted by Crippen LogP contribution is 2.27. The lowest BCUT2D eigenvalue weighted by atomic mass is 10.0.